The van der Waals surface area contributed by atoms with Crippen LogP contribution < -0.4 is 20.1 Å². The molecule has 0 amide bonds. The van der Waals surface area contributed by atoms with Crippen LogP contribution in [-0.4, -0.2) is 49.6 Å². The van der Waals surface area contributed by atoms with Crippen LogP contribution in [0.3, 0.4) is 0 Å². The summed E-state index contributed by atoms with van der Waals surface area (Å²) in [7, 11) is 3.28. The van der Waals surface area contributed by atoms with Crippen molar-refractivity contribution in [3.8, 4) is 11.5 Å². The number of benzene rings is 1. The average Bonchev–Trinajstić information content (AvgIpc) is 3.15. The fourth-order valence-electron chi connectivity index (χ4n) is 2.40. The molecule has 8 heteroatoms. The third-order valence-corrected chi connectivity index (χ3v) is 3.66. The van der Waals surface area contributed by atoms with Crippen molar-refractivity contribution in [3.63, 3.8) is 0 Å². The maximum absolute atomic E-state index is 5.34. The van der Waals surface area contributed by atoms with Gasteiger partial charge in [-0.1, -0.05) is 6.07 Å². The maximum atomic E-state index is 5.34. The molecule has 0 saturated heterocycles. The molecule has 0 unspecified atom stereocenters. The second kappa shape index (κ2) is 12.4. The Kier molecular flexibility index (Phi) is 10.5. The van der Waals surface area contributed by atoms with Crippen molar-refractivity contribution in [2.75, 3.05) is 33.9 Å². The second-order valence-corrected chi connectivity index (χ2v) is 5.40. The number of methoxy groups -OCH3 is 2. The predicted octanol–water partition coefficient (Wildman–Crippen LogP) is 2.32. The molecule has 0 spiro atoms. The largest absolute Gasteiger partial charge is 0.493 e. The molecule has 7 nitrogen and oxygen atoms in total. The molecule has 0 aliphatic rings. The Morgan fingerprint density at radius 1 is 1.19 bits per heavy atom. The summed E-state index contributed by atoms with van der Waals surface area (Å²) in [6.07, 6.45) is 4.56. The van der Waals surface area contributed by atoms with Crippen molar-refractivity contribution >= 4 is 29.9 Å². The first-order valence-electron chi connectivity index (χ1n) is 8.47. The molecule has 2 rings (SSSR count). The van der Waals surface area contributed by atoms with E-state index in [9.17, 15) is 0 Å². The second-order valence-electron chi connectivity index (χ2n) is 5.40. The van der Waals surface area contributed by atoms with E-state index in [4.69, 9.17) is 9.47 Å². The quantitative estimate of drug-likeness (QED) is 0.332. The van der Waals surface area contributed by atoms with Crippen LogP contribution in [0.2, 0.25) is 0 Å². The van der Waals surface area contributed by atoms with Crippen molar-refractivity contribution in [2.24, 2.45) is 4.99 Å². The lowest BCUT2D eigenvalue weighted by Gasteiger charge is -2.12. The van der Waals surface area contributed by atoms with E-state index < -0.39 is 0 Å². The molecule has 26 heavy (non-hydrogen) atoms. The maximum Gasteiger partial charge on any atom is 0.191 e. The first kappa shape index (κ1) is 22.1. The normalized spacial score (nSPS) is 10.8. The third-order valence-electron chi connectivity index (χ3n) is 3.66. The number of nitrogens with one attached hydrogen (secondary N) is 2. The van der Waals surface area contributed by atoms with Crippen molar-refractivity contribution in [3.05, 3.63) is 42.2 Å². The summed E-state index contributed by atoms with van der Waals surface area (Å²) in [4.78, 5) is 4.62. The van der Waals surface area contributed by atoms with Crippen molar-refractivity contribution in [1.29, 1.82) is 0 Å². The van der Waals surface area contributed by atoms with E-state index in [0.29, 0.717) is 6.54 Å². The van der Waals surface area contributed by atoms with Crippen LogP contribution in [0.4, 0.5) is 0 Å². The molecule has 2 aromatic rings. The summed E-state index contributed by atoms with van der Waals surface area (Å²) < 4.78 is 12.5. The molecular formula is C18H28IN5O2. The van der Waals surface area contributed by atoms with Gasteiger partial charge in [0.1, 0.15) is 0 Å². The molecule has 0 fully saturated rings. The summed E-state index contributed by atoms with van der Waals surface area (Å²) in [5, 5.41) is 10.8. The van der Waals surface area contributed by atoms with Gasteiger partial charge < -0.3 is 20.1 Å². The molecule has 0 radical (unpaired) electrons. The van der Waals surface area contributed by atoms with Crippen LogP contribution in [0, 0.1) is 0 Å². The molecule has 0 bridgehead atoms. The number of hydrogen-bond acceptors (Lipinski definition) is 4. The van der Waals surface area contributed by atoms with Gasteiger partial charge in [-0.05, 0) is 37.1 Å². The lowest BCUT2D eigenvalue weighted by Crippen LogP contribution is -2.39. The van der Waals surface area contributed by atoms with Crippen molar-refractivity contribution < 1.29 is 9.47 Å². The van der Waals surface area contributed by atoms with E-state index in [1.807, 2.05) is 35.1 Å². The van der Waals surface area contributed by atoms with Crippen LogP contribution in [-0.2, 0) is 13.0 Å². The zero-order valence-electron chi connectivity index (χ0n) is 15.6. The van der Waals surface area contributed by atoms with Gasteiger partial charge in [0.25, 0.3) is 0 Å². The number of rotatable bonds is 9. The van der Waals surface area contributed by atoms with E-state index in [1.54, 1.807) is 20.4 Å². The van der Waals surface area contributed by atoms with Gasteiger partial charge in [-0.15, -0.1) is 24.0 Å². The van der Waals surface area contributed by atoms with Crippen molar-refractivity contribution in [2.45, 2.75) is 19.9 Å². The molecule has 0 aliphatic carbocycles. The van der Waals surface area contributed by atoms with Crippen molar-refractivity contribution in [1.82, 2.24) is 20.4 Å². The minimum absolute atomic E-state index is 0. The summed E-state index contributed by atoms with van der Waals surface area (Å²) >= 11 is 0. The number of aromatic nitrogens is 2. The van der Waals surface area contributed by atoms with Gasteiger partial charge >= 0.3 is 0 Å². The van der Waals surface area contributed by atoms with Crippen LogP contribution in [0.25, 0.3) is 0 Å². The number of aliphatic imine (C=N–C) groups is 1. The molecule has 0 saturated carbocycles. The first-order chi connectivity index (χ1) is 12.3. The predicted molar refractivity (Wildman–Crippen MR) is 115 cm³/mol. The van der Waals surface area contributed by atoms with Gasteiger partial charge in [-0.25, -0.2) is 0 Å². The minimum Gasteiger partial charge on any atom is -0.493 e. The Labute approximate surface area is 172 Å². The topological polar surface area (TPSA) is 72.7 Å². The van der Waals surface area contributed by atoms with Crippen LogP contribution >= 0.6 is 24.0 Å². The van der Waals surface area contributed by atoms with E-state index in [0.717, 1.165) is 49.1 Å². The Bertz CT molecular complexity index is 662. The Hall–Kier alpha value is -1.97. The van der Waals surface area contributed by atoms with Gasteiger partial charge in [0.15, 0.2) is 17.5 Å². The zero-order valence-corrected chi connectivity index (χ0v) is 17.9. The van der Waals surface area contributed by atoms with E-state index in [-0.39, 0.29) is 24.0 Å². The highest BCUT2D eigenvalue weighted by Crippen LogP contribution is 2.27. The molecule has 1 heterocycles. The Balaban J connectivity index is 0.00000338. The highest BCUT2D eigenvalue weighted by molar-refractivity contribution is 14.0. The Morgan fingerprint density at radius 3 is 2.65 bits per heavy atom. The van der Waals surface area contributed by atoms with Crippen LogP contribution in [0.5, 0.6) is 11.5 Å². The minimum atomic E-state index is 0. The first-order valence-corrected chi connectivity index (χ1v) is 8.47. The number of hydrogen-bond donors (Lipinski definition) is 2. The van der Waals surface area contributed by atoms with Crippen LogP contribution in [0.1, 0.15) is 12.5 Å². The fourth-order valence-corrected chi connectivity index (χ4v) is 2.40. The van der Waals surface area contributed by atoms with Gasteiger partial charge in [-0.3, -0.25) is 9.67 Å². The van der Waals surface area contributed by atoms with Gasteiger partial charge in [0, 0.05) is 32.0 Å². The summed E-state index contributed by atoms with van der Waals surface area (Å²) in [6.45, 7) is 5.13. The Morgan fingerprint density at radius 2 is 2.00 bits per heavy atom. The average molecular weight is 473 g/mol. The molecule has 144 valence electrons. The molecule has 2 N–H and O–H groups in total. The van der Waals surface area contributed by atoms with E-state index in [2.05, 4.69) is 27.6 Å². The lowest BCUT2D eigenvalue weighted by molar-refractivity contribution is 0.354. The van der Waals surface area contributed by atoms with Crippen LogP contribution in [0.15, 0.2) is 41.7 Å². The number of guanidine groups is 1. The number of halogens is 1. The van der Waals surface area contributed by atoms with Gasteiger partial charge in [0.05, 0.1) is 20.8 Å². The van der Waals surface area contributed by atoms with E-state index in [1.165, 1.54) is 0 Å². The SMILES string of the molecule is CCNC(=NCCc1ccc(OC)c(OC)c1)NCCn1cccn1.I. The smallest absolute Gasteiger partial charge is 0.191 e. The summed E-state index contributed by atoms with van der Waals surface area (Å²) in [6, 6.07) is 7.87. The summed E-state index contributed by atoms with van der Waals surface area (Å²) in [5.74, 6) is 2.30. The highest BCUT2D eigenvalue weighted by atomic mass is 127. The molecule has 0 atom stereocenters. The van der Waals surface area contributed by atoms with E-state index >= 15 is 0 Å². The monoisotopic (exact) mass is 473 g/mol. The zero-order chi connectivity index (χ0) is 17.9. The summed E-state index contributed by atoms with van der Waals surface area (Å²) in [5.41, 5.74) is 1.16. The third kappa shape index (κ3) is 7.11. The number of ether oxygens (including phenoxy) is 2. The lowest BCUT2D eigenvalue weighted by atomic mass is 10.1. The van der Waals surface area contributed by atoms with Gasteiger partial charge in [0.2, 0.25) is 0 Å². The van der Waals surface area contributed by atoms with Gasteiger partial charge in [-0.2, -0.15) is 5.10 Å². The standard InChI is InChI=1S/C18H27N5O2.HI/c1-4-19-18(21-11-13-23-12-5-9-22-23)20-10-8-15-6-7-16(24-2)17(14-15)25-3;/h5-7,9,12,14H,4,8,10-11,13H2,1-3H3,(H2,19,20,21);1H. The number of nitrogens with zero attached hydrogens (tertiary/aromatic N) is 3. The molecule has 1 aromatic carbocycles. The molecule has 1 aromatic heterocycles. The fraction of sp³-hybridized carbons (Fsp3) is 0.444. The molecule has 0 aliphatic heterocycles. The molecular weight excluding hydrogens is 445 g/mol. The highest BCUT2D eigenvalue weighted by Gasteiger charge is 2.04.